The van der Waals surface area contributed by atoms with Crippen LogP contribution in [0.5, 0.6) is 0 Å². The molecule has 5 nitrogen and oxygen atoms in total. The van der Waals surface area contributed by atoms with Crippen LogP contribution in [0.1, 0.15) is 48.9 Å². The molecule has 138 valence electrons. The zero-order valence-electron chi connectivity index (χ0n) is 15.1. The van der Waals surface area contributed by atoms with Crippen molar-refractivity contribution in [3.63, 3.8) is 0 Å². The van der Waals surface area contributed by atoms with Crippen molar-refractivity contribution in [3.8, 4) is 0 Å². The lowest BCUT2D eigenvalue weighted by molar-refractivity contribution is 0.0799. The molecule has 2 atom stereocenters. The summed E-state index contributed by atoms with van der Waals surface area (Å²) in [4.78, 5) is 19.9. The first kappa shape index (κ1) is 17.7. The average Bonchev–Trinajstić information content (AvgIpc) is 3.18. The van der Waals surface area contributed by atoms with Crippen LogP contribution in [0.25, 0.3) is 0 Å². The Labute approximate surface area is 157 Å². The third-order valence-electron chi connectivity index (χ3n) is 5.33. The molecule has 4 rings (SSSR count). The number of aromatic nitrogens is 3. The van der Waals surface area contributed by atoms with Gasteiger partial charge in [0.05, 0.1) is 6.04 Å². The lowest BCUT2D eigenvalue weighted by atomic mass is 9.94. The quantitative estimate of drug-likeness (QED) is 0.819. The summed E-state index contributed by atoms with van der Waals surface area (Å²) in [6.45, 7) is 6.15. The van der Waals surface area contributed by atoms with Gasteiger partial charge in [-0.1, -0.05) is 37.7 Å². The molecular formula is C19H23FN4OS. The van der Waals surface area contributed by atoms with Crippen molar-refractivity contribution in [2.24, 2.45) is 5.92 Å². The maximum atomic E-state index is 13.4. The maximum absolute atomic E-state index is 13.4. The summed E-state index contributed by atoms with van der Waals surface area (Å²) in [6, 6.07) is 6.47. The molecule has 7 heteroatoms. The second-order valence-corrected chi connectivity index (χ2v) is 8.28. The number of hydrogen-bond donors (Lipinski definition) is 0. The number of benzene rings is 1. The summed E-state index contributed by atoms with van der Waals surface area (Å²) < 4.78 is 14.9. The van der Waals surface area contributed by atoms with Crippen molar-refractivity contribution in [1.29, 1.82) is 0 Å². The van der Waals surface area contributed by atoms with Gasteiger partial charge in [-0.3, -0.25) is 9.69 Å². The van der Waals surface area contributed by atoms with Gasteiger partial charge < -0.3 is 0 Å². The van der Waals surface area contributed by atoms with Crippen LogP contribution in [0.4, 0.5) is 4.39 Å². The predicted molar refractivity (Wildman–Crippen MR) is 98.8 cm³/mol. The van der Waals surface area contributed by atoms with E-state index in [1.165, 1.54) is 28.6 Å². The lowest BCUT2D eigenvalue weighted by Crippen LogP contribution is -2.42. The van der Waals surface area contributed by atoms with E-state index in [0.717, 1.165) is 31.5 Å². The summed E-state index contributed by atoms with van der Waals surface area (Å²) in [5.41, 5.74) is 0.980. The Balaban J connectivity index is 1.66. The minimum Gasteiger partial charge on any atom is -0.295 e. The van der Waals surface area contributed by atoms with Crippen molar-refractivity contribution >= 4 is 17.7 Å². The maximum Gasteiger partial charge on any atom is 0.264 e. The second-order valence-electron chi connectivity index (χ2n) is 7.17. The minimum atomic E-state index is -0.297. The number of rotatable bonds is 4. The van der Waals surface area contributed by atoms with E-state index in [4.69, 9.17) is 0 Å². The van der Waals surface area contributed by atoms with Gasteiger partial charge in [-0.25, -0.2) is 9.37 Å². The summed E-state index contributed by atoms with van der Waals surface area (Å²) in [6.07, 6.45) is 2.95. The number of fused-ring (bicyclic) bond motifs is 1. The van der Waals surface area contributed by atoms with Crippen molar-refractivity contribution < 1.29 is 9.18 Å². The van der Waals surface area contributed by atoms with Crippen LogP contribution < -0.4 is 0 Å². The number of piperidine rings is 1. The fourth-order valence-corrected chi connectivity index (χ4v) is 5.01. The van der Waals surface area contributed by atoms with E-state index in [1.807, 2.05) is 6.92 Å². The molecule has 1 aromatic heterocycles. The van der Waals surface area contributed by atoms with E-state index >= 15 is 0 Å². The van der Waals surface area contributed by atoms with Crippen molar-refractivity contribution in [1.82, 2.24) is 19.7 Å². The fourth-order valence-electron chi connectivity index (χ4n) is 3.74. The highest BCUT2D eigenvalue weighted by atomic mass is 32.2. The van der Waals surface area contributed by atoms with Gasteiger partial charge in [0.2, 0.25) is 0 Å². The zero-order valence-corrected chi connectivity index (χ0v) is 15.9. The average molecular weight is 374 g/mol. The van der Waals surface area contributed by atoms with Gasteiger partial charge in [-0.15, -0.1) is 5.10 Å². The number of hydrogen-bond acceptors (Lipinski definition) is 5. The normalized spacial score (nSPS) is 22.6. The molecule has 0 amide bonds. The van der Waals surface area contributed by atoms with E-state index in [0.29, 0.717) is 23.3 Å². The Morgan fingerprint density at radius 1 is 1.27 bits per heavy atom. The molecule has 3 heterocycles. The summed E-state index contributed by atoms with van der Waals surface area (Å²) >= 11 is 1.49. The van der Waals surface area contributed by atoms with Crippen LogP contribution >= 0.6 is 11.8 Å². The number of halogens is 1. The zero-order chi connectivity index (χ0) is 18.3. The highest BCUT2D eigenvalue weighted by molar-refractivity contribution is 8.00. The number of carbonyl (C=O) groups is 1. The summed E-state index contributed by atoms with van der Waals surface area (Å²) in [5.74, 6) is 1.12. The van der Waals surface area contributed by atoms with Crippen LogP contribution in [0, 0.1) is 11.7 Å². The Morgan fingerprint density at radius 2 is 1.96 bits per heavy atom. The van der Waals surface area contributed by atoms with Gasteiger partial charge in [-0.2, -0.15) is 4.68 Å². The molecule has 1 fully saturated rings. The molecule has 2 aromatic rings. The molecule has 1 saturated heterocycles. The van der Waals surface area contributed by atoms with Gasteiger partial charge in [-0.05, 0) is 49.5 Å². The van der Waals surface area contributed by atoms with Crippen molar-refractivity contribution in [2.75, 3.05) is 13.1 Å². The number of nitrogens with zero attached hydrogens (tertiary/aromatic N) is 4. The molecule has 2 aliphatic heterocycles. The second kappa shape index (κ2) is 7.12. The minimum absolute atomic E-state index is 0.0230. The van der Waals surface area contributed by atoms with E-state index in [1.54, 1.807) is 12.1 Å². The Hall–Kier alpha value is -1.73. The third-order valence-corrected chi connectivity index (χ3v) is 6.52. The van der Waals surface area contributed by atoms with Crippen LogP contribution in [0.2, 0.25) is 0 Å². The molecule has 2 unspecified atom stereocenters. The molecule has 0 N–H and O–H groups in total. The third kappa shape index (κ3) is 3.18. The highest BCUT2D eigenvalue weighted by Crippen LogP contribution is 2.42. The Bertz CT molecular complexity index is 798. The lowest BCUT2D eigenvalue weighted by Gasteiger charge is -2.38. The van der Waals surface area contributed by atoms with Crippen molar-refractivity contribution in [2.45, 2.75) is 49.6 Å². The number of likely N-dealkylation sites (tertiary alicyclic amines) is 1. The number of thioether (sulfide) groups is 1. The largest absolute Gasteiger partial charge is 0.295 e. The van der Waals surface area contributed by atoms with Gasteiger partial charge in [0.1, 0.15) is 11.1 Å². The SMILES string of the molecule is CCc1nc2n(n1)C(=O)C(C(c1ccc(F)cc1)N1CCC(C)CC1)S2. The van der Waals surface area contributed by atoms with E-state index in [-0.39, 0.29) is 23.0 Å². The van der Waals surface area contributed by atoms with E-state index in [9.17, 15) is 9.18 Å². The van der Waals surface area contributed by atoms with Crippen LogP contribution in [-0.2, 0) is 6.42 Å². The van der Waals surface area contributed by atoms with Gasteiger partial charge in [0.25, 0.3) is 5.91 Å². The smallest absolute Gasteiger partial charge is 0.264 e. The van der Waals surface area contributed by atoms with Gasteiger partial charge >= 0.3 is 0 Å². The molecule has 0 spiro atoms. The molecule has 0 radical (unpaired) electrons. The first-order chi connectivity index (χ1) is 12.6. The molecule has 2 aliphatic rings. The monoisotopic (exact) mass is 374 g/mol. The predicted octanol–water partition coefficient (Wildman–Crippen LogP) is 3.57. The van der Waals surface area contributed by atoms with E-state index in [2.05, 4.69) is 21.9 Å². The topological polar surface area (TPSA) is 51.0 Å². The van der Waals surface area contributed by atoms with Gasteiger partial charge in [0.15, 0.2) is 11.0 Å². The summed E-state index contributed by atoms with van der Waals surface area (Å²) in [7, 11) is 0. The summed E-state index contributed by atoms with van der Waals surface area (Å²) in [5, 5.41) is 4.72. The fraction of sp³-hybridized carbons (Fsp3) is 0.526. The van der Waals surface area contributed by atoms with Crippen LogP contribution in [0.15, 0.2) is 29.4 Å². The van der Waals surface area contributed by atoms with Crippen molar-refractivity contribution in [3.05, 3.63) is 41.5 Å². The van der Waals surface area contributed by atoms with Gasteiger partial charge in [0, 0.05) is 6.42 Å². The first-order valence-electron chi connectivity index (χ1n) is 9.23. The molecule has 1 aromatic carbocycles. The van der Waals surface area contributed by atoms with Crippen LogP contribution in [-0.4, -0.2) is 43.9 Å². The first-order valence-corrected chi connectivity index (χ1v) is 10.1. The Kier molecular flexibility index (Phi) is 4.84. The number of carbonyl (C=O) groups excluding carboxylic acids is 1. The molecule has 26 heavy (non-hydrogen) atoms. The molecule has 0 saturated carbocycles. The molecular weight excluding hydrogens is 351 g/mol. The molecule has 0 bridgehead atoms. The number of aryl methyl sites for hydroxylation is 1. The highest BCUT2D eigenvalue weighted by Gasteiger charge is 2.43. The van der Waals surface area contributed by atoms with E-state index < -0.39 is 0 Å². The van der Waals surface area contributed by atoms with Crippen LogP contribution in [0.3, 0.4) is 0 Å². The standard InChI is InChI=1S/C19H23FN4OS/c1-3-15-21-19-24(22-15)18(25)17(26-19)16(13-4-6-14(20)7-5-13)23-10-8-12(2)9-11-23/h4-7,12,16-17H,3,8-11H2,1-2H3. The Morgan fingerprint density at radius 3 is 2.58 bits per heavy atom. The molecule has 0 aliphatic carbocycles.